The van der Waals surface area contributed by atoms with Gasteiger partial charge in [0, 0.05) is 32.4 Å². The molecule has 0 bridgehead atoms. The quantitative estimate of drug-likeness (QED) is 0.234. The topological polar surface area (TPSA) is 48.5 Å². The molecule has 2 rings (SSSR count). The van der Waals surface area contributed by atoms with Crippen LogP contribution in [0, 0.1) is 0 Å². The summed E-state index contributed by atoms with van der Waals surface area (Å²) in [5.74, 6) is 0.878. The van der Waals surface area contributed by atoms with Crippen molar-refractivity contribution in [1.29, 1.82) is 0 Å². The maximum atomic E-state index is 4.26. The minimum absolute atomic E-state index is 0. The molecular formula is C20H29IN4. The molecule has 0 unspecified atom stereocenters. The molecule has 0 saturated heterocycles. The van der Waals surface area contributed by atoms with Crippen molar-refractivity contribution in [1.82, 2.24) is 10.6 Å². The van der Waals surface area contributed by atoms with Crippen LogP contribution >= 0.6 is 24.0 Å². The van der Waals surface area contributed by atoms with Crippen molar-refractivity contribution in [2.45, 2.75) is 19.3 Å². The molecule has 0 atom stereocenters. The molecule has 25 heavy (non-hydrogen) atoms. The van der Waals surface area contributed by atoms with Gasteiger partial charge in [0.25, 0.3) is 0 Å². The Kier molecular flexibility index (Phi) is 11.5. The average molecular weight is 452 g/mol. The van der Waals surface area contributed by atoms with Crippen LogP contribution in [0.5, 0.6) is 0 Å². The van der Waals surface area contributed by atoms with Crippen LogP contribution in [0.25, 0.3) is 0 Å². The van der Waals surface area contributed by atoms with Crippen molar-refractivity contribution in [3.05, 3.63) is 66.2 Å². The molecule has 3 N–H and O–H groups in total. The Morgan fingerprint density at radius 1 is 0.800 bits per heavy atom. The van der Waals surface area contributed by atoms with Crippen LogP contribution < -0.4 is 16.0 Å². The number of guanidine groups is 1. The maximum Gasteiger partial charge on any atom is 0.190 e. The summed E-state index contributed by atoms with van der Waals surface area (Å²) in [7, 11) is 1.81. The van der Waals surface area contributed by atoms with Crippen molar-refractivity contribution < 1.29 is 0 Å². The van der Waals surface area contributed by atoms with Crippen LogP contribution in [0.1, 0.15) is 18.4 Å². The summed E-state index contributed by atoms with van der Waals surface area (Å²) in [5, 5.41) is 10.1. The predicted molar refractivity (Wildman–Crippen MR) is 119 cm³/mol. The van der Waals surface area contributed by atoms with E-state index in [1.54, 1.807) is 0 Å². The summed E-state index contributed by atoms with van der Waals surface area (Å²) in [4.78, 5) is 4.26. The standard InChI is InChI=1S/C20H28N4.HI/c1-21-20(23-15-8-12-18-10-4-2-5-11-18)24-17-9-16-22-19-13-6-3-7-14-19;/h2-7,10-11,13-14,22H,8-9,12,15-17H2,1H3,(H2,21,23,24);1H. The lowest BCUT2D eigenvalue weighted by molar-refractivity contribution is 0.728. The molecule has 4 nitrogen and oxygen atoms in total. The first kappa shape index (κ1) is 21.3. The number of benzene rings is 2. The highest BCUT2D eigenvalue weighted by Gasteiger charge is 1.97. The van der Waals surface area contributed by atoms with Gasteiger partial charge in [-0.25, -0.2) is 0 Å². The van der Waals surface area contributed by atoms with Crippen LogP contribution in [-0.2, 0) is 6.42 Å². The van der Waals surface area contributed by atoms with E-state index in [9.17, 15) is 0 Å². The molecule has 0 spiro atoms. The molecular weight excluding hydrogens is 423 g/mol. The van der Waals surface area contributed by atoms with Crippen molar-refractivity contribution >= 4 is 35.6 Å². The van der Waals surface area contributed by atoms with Crippen LogP contribution in [0.4, 0.5) is 5.69 Å². The molecule has 136 valence electrons. The molecule has 0 amide bonds. The molecule has 0 radical (unpaired) electrons. The monoisotopic (exact) mass is 452 g/mol. The van der Waals surface area contributed by atoms with Gasteiger partial charge < -0.3 is 16.0 Å². The lowest BCUT2D eigenvalue weighted by atomic mass is 10.1. The number of halogens is 1. The minimum Gasteiger partial charge on any atom is -0.385 e. The maximum absolute atomic E-state index is 4.26. The molecule has 0 aliphatic rings. The Morgan fingerprint density at radius 3 is 2.04 bits per heavy atom. The third-order valence-corrected chi connectivity index (χ3v) is 3.75. The first-order valence-corrected chi connectivity index (χ1v) is 8.66. The first-order valence-electron chi connectivity index (χ1n) is 8.66. The van der Waals surface area contributed by atoms with E-state index in [4.69, 9.17) is 0 Å². The zero-order valence-electron chi connectivity index (χ0n) is 14.9. The highest BCUT2D eigenvalue weighted by Crippen LogP contribution is 2.04. The lowest BCUT2D eigenvalue weighted by Gasteiger charge is -2.12. The lowest BCUT2D eigenvalue weighted by Crippen LogP contribution is -2.38. The zero-order valence-corrected chi connectivity index (χ0v) is 17.2. The number of anilines is 1. The summed E-state index contributed by atoms with van der Waals surface area (Å²) in [5.41, 5.74) is 2.55. The number of hydrogen-bond acceptors (Lipinski definition) is 2. The Labute approximate surface area is 168 Å². The Bertz CT molecular complexity index is 587. The van der Waals surface area contributed by atoms with Crippen LogP contribution in [0.3, 0.4) is 0 Å². The van der Waals surface area contributed by atoms with Gasteiger partial charge in [0.2, 0.25) is 0 Å². The van der Waals surface area contributed by atoms with Gasteiger partial charge in [-0.15, -0.1) is 24.0 Å². The molecule has 0 aliphatic carbocycles. The minimum atomic E-state index is 0. The van der Waals surface area contributed by atoms with Crippen LogP contribution in [0.15, 0.2) is 65.7 Å². The van der Waals surface area contributed by atoms with Gasteiger partial charge in [-0.2, -0.15) is 0 Å². The van der Waals surface area contributed by atoms with Crippen molar-refractivity contribution in [3.8, 4) is 0 Å². The SMILES string of the molecule is CN=C(NCCCNc1ccccc1)NCCCc1ccccc1.I. The predicted octanol–water partition coefficient (Wildman–Crippen LogP) is 3.90. The largest absolute Gasteiger partial charge is 0.385 e. The fraction of sp³-hybridized carbons (Fsp3) is 0.350. The van der Waals surface area contributed by atoms with Gasteiger partial charge in [-0.3, -0.25) is 4.99 Å². The average Bonchev–Trinajstić information content (AvgIpc) is 2.65. The molecule has 2 aromatic rings. The molecule has 5 heteroatoms. The highest BCUT2D eigenvalue weighted by molar-refractivity contribution is 14.0. The number of para-hydroxylation sites is 1. The molecule has 0 aromatic heterocycles. The normalized spacial score (nSPS) is 10.7. The van der Waals surface area contributed by atoms with Gasteiger partial charge in [-0.05, 0) is 37.0 Å². The number of hydrogen-bond donors (Lipinski definition) is 3. The molecule has 0 fully saturated rings. The van der Waals surface area contributed by atoms with E-state index in [0.717, 1.165) is 44.9 Å². The summed E-state index contributed by atoms with van der Waals surface area (Å²) in [6.45, 7) is 2.77. The van der Waals surface area contributed by atoms with E-state index in [0.29, 0.717) is 0 Å². The summed E-state index contributed by atoms with van der Waals surface area (Å²) in [6, 6.07) is 20.9. The molecule has 0 aliphatic heterocycles. The Morgan fingerprint density at radius 2 is 1.40 bits per heavy atom. The van der Waals surface area contributed by atoms with Gasteiger partial charge in [0.1, 0.15) is 0 Å². The van der Waals surface area contributed by atoms with E-state index in [1.165, 1.54) is 11.3 Å². The van der Waals surface area contributed by atoms with E-state index in [1.807, 2.05) is 25.2 Å². The second-order valence-corrected chi connectivity index (χ2v) is 5.66. The van der Waals surface area contributed by atoms with E-state index in [-0.39, 0.29) is 24.0 Å². The molecule has 0 heterocycles. The number of nitrogens with one attached hydrogen (secondary N) is 3. The third-order valence-electron chi connectivity index (χ3n) is 3.75. The first-order chi connectivity index (χ1) is 11.9. The smallest absolute Gasteiger partial charge is 0.190 e. The summed E-state index contributed by atoms with van der Waals surface area (Å²) >= 11 is 0. The van der Waals surface area contributed by atoms with E-state index in [2.05, 4.69) is 63.4 Å². The second kappa shape index (κ2) is 13.5. The van der Waals surface area contributed by atoms with Crippen molar-refractivity contribution in [2.24, 2.45) is 4.99 Å². The van der Waals surface area contributed by atoms with Crippen LogP contribution in [0.2, 0.25) is 0 Å². The summed E-state index contributed by atoms with van der Waals surface area (Å²) < 4.78 is 0. The number of aliphatic imine (C=N–C) groups is 1. The highest BCUT2D eigenvalue weighted by atomic mass is 127. The summed E-state index contributed by atoms with van der Waals surface area (Å²) in [6.07, 6.45) is 3.23. The van der Waals surface area contributed by atoms with Gasteiger partial charge in [0.05, 0.1) is 0 Å². The number of rotatable bonds is 9. The molecule has 0 saturated carbocycles. The number of aryl methyl sites for hydroxylation is 1. The van der Waals surface area contributed by atoms with Gasteiger partial charge in [0.15, 0.2) is 5.96 Å². The zero-order chi connectivity index (χ0) is 16.9. The fourth-order valence-corrected chi connectivity index (χ4v) is 2.45. The van der Waals surface area contributed by atoms with Crippen LogP contribution in [-0.4, -0.2) is 32.6 Å². The Balaban J connectivity index is 0.00000312. The molecule has 2 aromatic carbocycles. The Hall–Kier alpha value is -1.76. The second-order valence-electron chi connectivity index (χ2n) is 5.66. The van der Waals surface area contributed by atoms with E-state index >= 15 is 0 Å². The third kappa shape index (κ3) is 9.34. The number of nitrogens with zero attached hydrogens (tertiary/aromatic N) is 1. The van der Waals surface area contributed by atoms with Crippen molar-refractivity contribution in [3.63, 3.8) is 0 Å². The van der Waals surface area contributed by atoms with Gasteiger partial charge in [-0.1, -0.05) is 48.5 Å². The van der Waals surface area contributed by atoms with Crippen molar-refractivity contribution in [2.75, 3.05) is 32.0 Å². The van der Waals surface area contributed by atoms with Gasteiger partial charge >= 0.3 is 0 Å². The fourth-order valence-electron chi connectivity index (χ4n) is 2.45. The van der Waals surface area contributed by atoms with E-state index < -0.39 is 0 Å².